The van der Waals surface area contributed by atoms with Crippen LogP contribution >= 0.6 is 0 Å². The molecule has 2 aromatic rings. The molecule has 0 aliphatic rings. The zero-order chi connectivity index (χ0) is 26.1. The minimum Gasteiger partial charge on any atom is -0.469 e. The van der Waals surface area contributed by atoms with Gasteiger partial charge in [0, 0.05) is 31.8 Å². The minimum atomic E-state index is -0.902. The van der Waals surface area contributed by atoms with Crippen LogP contribution in [-0.2, 0) is 14.3 Å². The number of esters is 1. The van der Waals surface area contributed by atoms with Gasteiger partial charge in [-0.2, -0.15) is 5.26 Å². The quantitative estimate of drug-likeness (QED) is 0.224. The van der Waals surface area contributed by atoms with E-state index < -0.39 is 38.4 Å². The van der Waals surface area contributed by atoms with Crippen molar-refractivity contribution < 1.29 is 24.2 Å². The van der Waals surface area contributed by atoms with Gasteiger partial charge in [-0.25, -0.2) is 0 Å². The summed E-state index contributed by atoms with van der Waals surface area (Å²) in [7, 11) is 1.29. The number of non-ortho nitro benzene ring substituents is 1. The second-order valence-electron chi connectivity index (χ2n) is 6.98. The van der Waals surface area contributed by atoms with Crippen molar-refractivity contribution in [3.05, 3.63) is 56.1 Å². The second-order valence-corrected chi connectivity index (χ2v) is 6.98. The highest BCUT2D eigenvalue weighted by Crippen LogP contribution is 2.38. The average Bonchev–Trinajstić information content (AvgIpc) is 2.82. The SMILES string of the molecule is CCN(CCC(=O)OC)c1ccc(N=Nc2c(C#N)cc([N+](=O)[O-])cc2[N+](=O)[O-])c(NC(C)=O)c1. The number of nitrogens with zero attached hydrogens (tertiary/aromatic N) is 6. The van der Waals surface area contributed by atoms with Crippen molar-refractivity contribution >= 4 is 46.0 Å². The van der Waals surface area contributed by atoms with E-state index in [4.69, 9.17) is 0 Å². The summed E-state index contributed by atoms with van der Waals surface area (Å²) in [6.45, 7) is 4.04. The van der Waals surface area contributed by atoms with Gasteiger partial charge in [0.15, 0.2) is 5.69 Å². The summed E-state index contributed by atoms with van der Waals surface area (Å²) in [5, 5.41) is 42.2. The molecule has 14 nitrogen and oxygen atoms in total. The number of nitro benzene ring substituents is 2. The normalized spacial score (nSPS) is 10.5. The van der Waals surface area contributed by atoms with Crippen LogP contribution in [0.5, 0.6) is 0 Å². The first-order valence-corrected chi connectivity index (χ1v) is 10.1. The summed E-state index contributed by atoms with van der Waals surface area (Å²) in [4.78, 5) is 45.8. The molecule has 0 aliphatic heterocycles. The Morgan fingerprint density at radius 2 is 1.89 bits per heavy atom. The Morgan fingerprint density at radius 1 is 1.17 bits per heavy atom. The number of benzene rings is 2. The van der Waals surface area contributed by atoms with E-state index in [1.165, 1.54) is 20.1 Å². The molecule has 2 rings (SSSR count). The number of nitrogens with one attached hydrogen (secondary N) is 1. The average molecular weight is 483 g/mol. The number of nitriles is 1. The Morgan fingerprint density at radius 3 is 2.43 bits per heavy atom. The standard InChI is InChI=1S/C21H21N7O7/c1-4-26(8-7-20(30)35-3)15-5-6-17(18(10-15)23-13(2)29)24-25-21-14(12-22)9-16(27(31)32)11-19(21)28(33)34/h5-6,9-11H,4,7-8H2,1-3H3,(H,23,29). The zero-order valence-electron chi connectivity index (χ0n) is 19.0. The van der Waals surface area contributed by atoms with E-state index in [9.17, 15) is 35.1 Å². The largest absolute Gasteiger partial charge is 0.469 e. The number of hydrogen-bond acceptors (Lipinski definition) is 11. The molecule has 0 heterocycles. The summed E-state index contributed by atoms with van der Waals surface area (Å²) >= 11 is 0. The van der Waals surface area contributed by atoms with Crippen LogP contribution in [0.1, 0.15) is 25.8 Å². The topological polar surface area (TPSA) is 193 Å². The van der Waals surface area contributed by atoms with Crippen LogP contribution in [0.2, 0.25) is 0 Å². The Balaban J connectivity index is 2.53. The highest BCUT2D eigenvalue weighted by atomic mass is 16.6. The van der Waals surface area contributed by atoms with Gasteiger partial charge < -0.3 is 15.0 Å². The first kappa shape index (κ1) is 26.3. The molecule has 14 heteroatoms. The van der Waals surface area contributed by atoms with E-state index in [2.05, 4.69) is 20.3 Å². The summed E-state index contributed by atoms with van der Waals surface area (Å²) < 4.78 is 4.66. The molecule has 1 amide bonds. The molecule has 0 bridgehead atoms. The molecule has 0 saturated carbocycles. The number of rotatable bonds is 10. The summed E-state index contributed by atoms with van der Waals surface area (Å²) in [6.07, 6.45) is 0.141. The number of hydrogen-bond donors (Lipinski definition) is 1. The van der Waals surface area contributed by atoms with Crippen molar-refractivity contribution in [2.24, 2.45) is 10.2 Å². The van der Waals surface area contributed by atoms with Crippen molar-refractivity contribution in [3.8, 4) is 6.07 Å². The molecule has 0 fully saturated rings. The van der Waals surface area contributed by atoms with Crippen LogP contribution in [-0.4, -0.2) is 41.9 Å². The van der Waals surface area contributed by atoms with E-state index in [1.807, 2.05) is 11.8 Å². The van der Waals surface area contributed by atoms with Gasteiger partial charge in [-0.05, 0) is 25.1 Å². The molecule has 1 N–H and O–H groups in total. The molecule has 0 atom stereocenters. The van der Waals surface area contributed by atoms with Crippen LogP contribution in [0.15, 0.2) is 40.6 Å². The minimum absolute atomic E-state index is 0.115. The molecule has 182 valence electrons. The molecule has 35 heavy (non-hydrogen) atoms. The van der Waals surface area contributed by atoms with Gasteiger partial charge in [0.05, 0.1) is 40.7 Å². The highest BCUT2D eigenvalue weighted by molar-refractivity contribution is 5.93. The molecule has 0 aromatic heterocycles. The van der Waals surface area contributed by atoms with Crippen molar-refractivity contribution in [2.75, 3.05) is 30.4 Å². The van der Waals surface area contributed by atoms with Crippen LogP contribution in [0.4, 0.5) is 34.1 Å². The van der Waals surface area contributed by atoms with Crippen LogP contribution in [0.25, 0.3) is 0 Å². The van der Waals surface area contributed by atoms with Gasteiger partial charge in [-0.15, -0.1) is 10.2 Å². The first-order chi connectivity index (χ1) is 16.6. The predicted molar refractivity (Wildman–Crippen MR) is 124 cm³/mol. The monoisotopic (exact) mass is 483 g/mol. The van der Waals surface area contributed by atoms with E-state index in [1.54, 1.807) is 18.2 Å². The van der Waals surface area contributed by atoms with Crippen molar-refractivity contribution in [2.45, 2.75) is 20.3 Å². The molecule has 2 aromatic carbocycles. The molecule has 0 radical (unpaired) electrons. The van der Waals surface area contributed by atoms with E-state index in [-0.39, 0.29) is 23.8 Å². The Bertz CT molecular complexity index is 1240. The molecule has 0 aliphatic carbocycles. The highest BCUT2D eigenvalue weighted by Gasteiger charge is 2.24. The molecular formula is C21H21N7O7. The maximum absolute atomic E-state index is 11.7. The van der Waals surface area contributed by atoms with Gasteiger partial charge in [-0.3, -0.25) is 29.8 Å². The number of methoxy groups -OCH3 is 1. The van der Waals surface area contributed by atoms with Gasteiger partial charge in [0.2, 0.25) is 5.91 Å². The lowest BCUT2D eigenvalue weighted by Gasteiger charge is -2.23. The number of nitro groups is 2. The zero-order valence-corrected chi connectivity index (χ0v) is 19.0. The van der Waals surface area contributed by atoms with Gasteiger partial charge in [-0.1, -0.05) is 0 Å². The molecular weight excluding hydrogens is 462 g/mol. The summed E-state index contributed by atoms with van der Waals surface area (Å²) in [5.74, 6) is -0.802. The summed E-state index contributed by atoms with van der Waals surface area (Å²) in [6, 6.07) is 7.93. The summed E-state index contributed by atoms with van der Waals surface area (Å²) in [5.41, 5.74) is -1.29. The second kappa shape index (κ2) is 11.8. The fourth-order valence-electron chi connectivity index (χ4n) is 3.04. The Labute approximate surface area is 199 Å². The maximum atomic E-state index is 11.7. The fraction of sp³-hybridized carbons (Fsp3) is 0.286. The van der Waals surface area contributed by atoms with Gasteiger partial charge in [0.25, 0.3) is 5.69 Å². The Hall–Kier alpha value is -4.93. The first-order valence-electron chi connectivity index (χ1n) is 10.1. The third-order valence-electron chi connectivity index (χ3n) is 4.71. The van der Waals surface area contributed by atoms with E-state index in [0.29, 0.717) is 24.8 Å². The van der Waals surface area contributed by atoms with E-state index >= 15 is 0 Å². The number of anilines is 2. The fourth-order valence-corrected chi connectivity index (χ4v) is 3.04. The van der Waals surface area contributed by atoms with Crippen LogP contribution < -0.4 is 10.2 Å². The maximum Gasteiger partial charge on any atom is 0.307 e. The lowest BCUT2D eigenvalue weighted by Crippen LogP contribution is -2.26. The number of carbonyl (C=O) groups excluding carboxylic acids is 2. The van der Waals surface area contributed by atoms with Crippen molar-refractivity contribution in [3.63, 3.8) is 0 Å². The van der Waals surface area contributed by atoms with Crippen LogP contribution in [0, 0.1) is 31.6 Å². The predicted octanol–water partition coefficient (Wildman–Crippen LogP) is 4.14. The Kier molecular flexibility index (Phi) is 8.87. The van der Waals surface area contributed by atoms with E-state index in [0.717, 1.165) is 6.07 Å². The van der Waals surface area contributed by atoms with Crippen molar-refractivity contribution in [1.82, 2.24) is 0 Å². The third kappa shape index (κ3) is 6.78. The van der Waals surface area contributed by atoms with Crippen LogP contribution in [0.3, 0.4) is 0 Å². The van der Waals surface area contributed by atoms with Gasteiger partial charge in [0.1, 0.15) is 11.8 Å². The lowest BCUT2D eigenvalue weighted by atomic mass is 10.1. The number of carbonyl (C=O) groups is 2. The molecule has 0 unspecified atom stereocenters. The number of amides is 1. The number of ether oxygens (including phenoxy) is 1. The lowest BCUT2D eigenvalue weighted by molar-refractivity contribution is -0.393. The smallest absolute Gasteiger partial charge is 0.307 e. The molecule has 0 spiro atoms. The third-order valence-corrected chi connectivity index (χ3v) is 4.71. The van der Waals surface area contributed by atoms with Crippen molar-refractivity contribution in [1.29, 1.82) is 5.26 Å². The molecule has 0 saturated heterocycles. The number of azo groups is 1. The van der Waals surface area contributed by atoms with Gasteiger partial charge >= 0.3 is 11.7 Å².